The van der Waals surface area contributed by atoms with Gasteiger partial charge < -0.3 is 16.4 Å². The molecule has 0 bridgehead atoms. The van der Waals surface area contributed by atoms with Crippen LogP contribution in [0.15, 0.2) is 12.1 Å². The van der Waals surface area contributed by atoms with Crippen molar-refractivity contribution >= 4 is 23.2 Å². The van der Waals surface area contributed by atoms with Gasteiger partial charge in [-0.15, -0.1) is 11.3 Å². The first kappa shape index (κ1) is 16.2. The zero-order valence-electron chi connectivity index (χ0n) is 11.5. The molecule has 1 aromatic heterocycles. The van der Waals surface area contributed by atoms with E-state index in [-0.39, 0.29) is 18.2 Å². The van der Waals surface area contributed by atoms with E-state index in [4.69, 9.17) is 5.73 Å². The summed E-state index contributed by atoms with van der Waals surface area (Å²) in [6.45, 7) is 3.28. The number of hydrogen-bond acceptors (Lipinski definition) is 4. The van der Waals surface area contributed by atoms with Crippen LogP contribution in [0, 0.1) is 11.8 Å². The van der Waals surface area contributed by atoms with Crippen molar-refractivity contribution in [2.24, 2.45) is 5.73 Å². The zero-order valence-corrected chi connectivity index (χ0v) is 12.3. The summed E-state index contributed by atoms with van der Waals surface area (Å²) in [5.41, 5.74) is 5.29. The first-order valence-corrected chi connectivity index (χ1v) is 7.32. The molecule has 4 N–H and O–H groups in total. The van der Waals surface area contributed by atoms with Gasteiger partial charge in [-0.25, -0.2) is 0 Å². The Labute approximate surface area is 122 Å². The second-order valence-electron chi connectivity index (χ2n) is 4.03. The molecule has 0 radical (unpaired) electrons. The number of nitrogens with one attached hydrogen (secondary N) is 2. The minimum atomic E-state index is -0.181. The first-order valence-electron chi connectivity index (χ1n) is 6.51. The normalized spacial score (nSPS) is 9.50. The molecule has 0 saturated heterocycles. The third-order valence-electron chi connectivity index (χ3n) is 2.35. The Bertz CT molecular complexity index is 514. The third-order valence-corrected chi connectivity index (χ3v) is 3.35. The van der Waals surface area contributed by atoms with Crippen LogP contribution < -0.4 is 16.4 Å². The van der Waals surface area contributed by atoms with Gasteiger partial charge in [0.05, 0.1) is 16.3 Å². The number of hydrogen-bond donors (Lipinski definition) is 3. The Kier molecular flexibility index (Phi) is 7.40. The second kappa shape index (κ2) is 9.13. The molecule has 1 aromatic rings. The topological polar surface area (TPSA) is 84.2 Å². The fourth-order valence-corrected chi connectivity index (χ4v) is 2.19. The van der Waals surface area contributed by atoms with Crippen LogP contribution in [-0.4, -0.2) is 31.4 Å². The van der Waals surface area contributed by atoms with Gasteiger partial charge in [0, 0.05) is 19.5 Å². The van der Waals surface area contributed by atoms with Gasteiger partial charge in [0.15, 0.2) is 0 Å². The summed E-state index contributed by atoms with van der Waals surface area (Å²) in [7, 11) is 0. The van der Waals surface area contributed by atoms with Gasteiger partial charge in [-0.2, -0.15) is 0 Å². The molecule has 0 aliphatic carbocycles. The van der Waals surface area contributed by atoms with Crippen LogP contribution in [0.1, 0.15) is 34.3 Å². The van der Waals surface area contributed by atoms with E-state index < -0.39 is 0 Å². The highest BCUT2D eigenvalue weighted by molar-refractivity contribution is 7.14. The highest BCUT2D eigenvalue weighted by atomic mass is 32.1. The largest absolute Gasteiger partial charge is 0.356 e. The van der Waals surface area contributed by atoms with Gasteiger partial charge in [0.1, 0.15) is 0 Å². The molecule has 0 atom stereocenters. The first-order chi connectivity index (χ1) is 9.67. The molecule has 0 aliphatic rings. The predicted octanol–water partition coefficient (Wildman–Crippen LogP) is 0.704. The van der Waals surface area contributed by atoms with E-state index in [0.29, 0.717) is 24.5 Å². The number of thiophene rings is 1. The van der Waals surface area contributed by atoms with Crippen molar-refractivity contribution in [3.05, 3.63) is 21.9 Å². The summed E-state index contributed by atoms with van der Waals surface area (Å²) in [6, 6.07) is 3.51. The molecule has 0 aromatic carbocycles. The molecular formula is C14H19N3O2S. The summed E-state index contributed by atoms with van der Waals surface area (Å²) in [5.74, 6) is 5.38. The third kappa shape index (κ3) is 5.87. The van der Waals surface area contributed by atoms with Crippen LogP contribution in [0.2, 0.25) is 0 Å². The Morgan fingerprint density at radius 3 is 2.80 bits per heavy atom. The van der Waals surface area contributed by atoms with Crippen LogP contribution in [0.5, 0.6) is 0 Å². The Hall–Kier alpha value is -1.84. The van der Waals surface area contributed by atoms with Crippen molar-refractivity contribution < 1.29 is 9.59 Å². The summed E-state index contributed by atoms with van der Waals surface area (Å²) >= 11 is 1.31. The minimum absolute atomic E-state index is 0.0483. The van der Waals surface area contributed by atoms with Gasteiger partial charge in [-0.05, 0) is 18.6 Å². The number of nitrogens with two attached hydrogens (primary N) is 1. The standard InChI is InChI=1S/C14H19N3O2S/c1-2-9-16-13(18)7-10-17-14(19)12-6-5-11(20-12)4-3-8-15/h5-6H,2,7-10,15H2,1H3,(H,16,18)(H,17,19). The van der Waals surface area contributed by atoms with Gasteiger partial charge >= 0.3 is 0 Å². The van der Waals surface area contributed by atoms with Crippen LogP contribution in [0.25, 0.3) is 0 Å². The molecule has 108 valence electrons. The van der Waals surface area contributed by atoms with E-state index >= 15 is 0 Å². The smallest absolute Gasteiger partial charge is 0.261 e. The predicted molar refractivity (Wildman–Crippen MR) is 80.5 cm³/mol. The van der Waals surface area contributed by atoms with E-state index in [1.54, 1.807) is 12.1 Å². The molecule has 2 amide bonds. The van der Waals surface area contributed by atoms with Crippen molar-refractivity contribution in [1.29, 1.82) is 0 Å². The maximum Gasteiger partial charge on any atom is 0.261 e. The molecule has 0 unspecified atom stereocenters. The van der Waals surface area contributed by atoms with Gasteiger partial charge in [-0.3, -0.25) is 9.59 Å². The fourth-order valence-electron chi connectivity index (χ4n) is 1.39. The maximum atomic E-state index is 11.8. The minimum Gasteiger partial charge on any atom is -0.356 e. The van der Waals surface area contributed by atoms with Crippen molar-refractivity contribution in [3.8, 4) is 11.8 Å². The van der Waals surface area contributed by atoms with Crippen molar-refractivity contribution in [1.82, 2.24) is 10.6 Å². The van der Waals surface area contributed by atoms with Gasteiger partial charge in [-0.1, -0.05) is 18.8 Å². The van der Waals surface area contributed by atoms with Crippen LogP contribution in [-0.2, 0) is 4.79 Å². The van der Waals surface area contributed by atoms with Crippen molar-refractivity contribution in [3.63, 3.8) is 0 Å². The van der Waals surface area contributed by atoms with E-state index in [2.05, 4.69) is 22.5 Å². The zero-order chi connectivity index (χ0) is 14.8. The van der Waals surface area contributed by atoms with Gasteiger partial charge in [0.25, 0.3) is 5.91 Å². The average Bonchev–Trinajstić information content (AvgIpc) is 2.91. The molecule has 0 saturated carbocycles. The van der Waals surface area contributed by atoms with Crippen LogP contribution >= 0.6 is 11.3 Å². The lowest BCUT2D eigenvalue weighted by atomic mass is 10.3. The summed E-state index contributed by atoms with van der Waals surface area (Å²) in [6.07, 6.45) is 1.19. The molecule has 1 rings (SSSR count). The van der Waals surface area contributed by atoms with E-state index in [9.17, 15) is 9.59 Å². The molecule has 20 heavy (non-hydrogen) atoms. The Balaban J connectivity index is 2.36. The lowest BCUT2D eigenvalue weighted by molar-refractivity contribution is -0.120. The molecule has 1 heterocycles. The van der Waals surface area contributed by atoms with Crippen molar-refractivity contribution in [2.75, 3.05) is 19.6 Å². The van der Waals surface area contributed by atoms with Crippen molar-refractivity contribution in [2.45, 2.75) is 19.8 Å². The lowest BCUT2D eigenvalue weighted by Gasteiger charge is -2.04. The Morgan fingerprint density at radius 1 is 1.30 bits per heavy atom. The highest BCUT2D eigenvalue weighted by Gasteiger charge is 2.08. The van der Waals surface area contributed by atoms with Crippen LogP contribution in [0.3, 0.4) is 0 Å². The number of amides is 2. The molecule has 5 nitrogen and oxygen atoms in total. The van der Waals surface area contributed by atoms with Gasteiger partial charge in [0.2, 0.25) is 5.91 Å². The maximum absolute atomic E-state index is 11.8. The summed E-state index contributed by atoms with van der Waals surface area (Å²) in [5, 5.41) is 5.47. The highest BCUT2D eigenvalue weighted by Crippen LogP contribution is 2.14. The van der Waals surface area contributed by atoms with E-state index in [1.807, 2.05) is 6.92 Å². The van der Waals surface area contributed by atoms with E-state index in [0.717, 1.165) is 11.3 Å². The monoisotopic (exact) mass is 293 g/mol. The quantitative estimate of drug-likeness (QED) is 0.675. The molecule has 6 heteroatoms. The molecule has 0 aliphatic heterocycles. The summed E-state index contributed by atoms with van der Waals surface area (Å²) in [4.78, 5) is 24.6. The molecule has 0 spiro atoms. The fraction of sp³-hybridized carbons (Fsp3) is 0.429. The second-order valence-corrected chi connectivity index (χ2v) is 5.11. The number of carbonyl (C=O) groups is 2. The molecular weight excluding hydrogens is 274 g/mol. The Morgan fingerprint density at radius 2 is 2.10 bits per heavy atom. The number of rotatable bonds is 6. The SMILES string of the molecule is CCCNC(=O)CCNC(=O)c1ccc(C#CCN)s1. The number of carbonyl (C=O) groups excluding carboxylic acids is 2. The van der Waals surface area contributed by atoms with Crippen LogP contribution in [0.4, 0.5) is 0 Å². The molecule has 0 fully saturated rings. The average molecular weight is 293 g/mol. The van der Waals surface area contributed by atoms with E-state index in [1.165, 1.54) is 11.3 Å². The summed E-state index contributed by atoms with van der Waals surface area (Å²) < 4.78 is 0. The lowest BCUT2D eigenvalue weighted by Crippen LogP contribution is -2.30.